The van der Waals surface area contributed by atoms with Crippen LogP contribution in [0.15, 0.2) is 53.4 Å². The van der Waals surface area contributed by atoms with E-state index in [1.807, 2.05) is 36.4 Å². The van der Waals surface area contributed by atoms with Crippen LogP contribution in [0.5, 0.6) is 0 Å². The highest BCUT2D eigenvalue weighted by molar-refractivity contribution is 7.80. The Labute approximate surface area is 106 Å². The molecule has 0 aliphatic carbocycles. The van der Waals surface area contributed by atoms with Crippen LogP contribution in [0.25, 0.3) is 11.1 Å². The van der Waals surface area contributed by atoms with E-state index in [9.17, 15) is 4.79 Å². The van der Waals surface area contributed by atoms with Gasteiger partial charge in [0.05, 0.1) is 12.7 Å². The van der Waals surface area contributed by atoms with Gasteiger partial charge in [-0.2, -0.15) is 0 Å². The summed E-state index contributed by atoms with van der Waals surface area (Å²) in [5, 5.41) is 0. The summed E-state index contributed by atoms with van der Waals surface area (Å²) in [5.74, 6) is -0.317. The zero-order valence-electron chi connectivity index (χ0n) is 9.38. The largest absolute Gasteiger partial charge is 0.465 e. The summed E-state index contributed by atoms with van der Waals surface area (Å²) in [6.45, 7) is 0. The summed E-state index contributed by atoms with van der Waals surface area (Å²) in [5.41, 5.74) is 2.72. The fourth-order valence-electron chi connectivity index (χ4n) is 1.57. The van der Waals surface area contributed by atoms with Gasteiger partial charge in [0, 0.05) is 4.90 Å². The Morgan fingerprint density at radius 2 is 1.41 bits per heavy atom. The molecule has 2 aromatic carbocycles. The molecule has 17 heavy (non-hydrogen) atoms. The van der Waals surface area contributed by atoms with Crippen molar-refractivity contribution in [1.82, 2.24) is 0 Å². The number of carbonyl (C=O) groups is 1. The van der Waals surface area contributed by atoms with Crippen LogP contribution in [-0.2, 0) is 4.74 Å². The summed E-state index contributed by atoms with van der Waals surface area (Å²) in [7, 11) is 1.38. The van der Waals surface area contributed by atoms with Gasteiger partial charge in [0.1, 0.15) is 0 Å². The second-order valence-electron chi connectivity index (χ2n) is 3.62. The molecule has 0 unspecified atom stereocenters. The lowest BCUT2D eigenvalue weighted by Gasteiger charge is -2.03. The highest BCUT2D eigenvalue weighted by atomic mass is 32.1. The minimum absolute atomic E-state index is 0.317. The maximum atomic E-state index is 11.3. The van der Waals surface area contributed by atoms with Crippen molar-refractivity contribution in [3.05, 3.63) is 54.1 Å². The van der Waals surface area contributed by atoms with E-state index in [0.29, 0.717) is 5.56 Å². The summed E-state index contributed by atoms with van der Waals surface area (Å²) >= 11 is 4.24. The number of thiol groups is 1. The zero-order valence-corrected chi connectivity index (χ0v) is 10.3. The Morgan fingerprint density at radius 1 is 0.941 bits per heavy atom. The lowest BCUT2D eigenvalue weighted by atomic mass is 10.0. The van der Waals surface area contributed by atoms with Crippen molar-refractivity contribution < 1.29 is 9.53 Å². The molecule has 0 spiro atoms. The van der Waals surface area contributed by atoms with Crippen LogP contribution in [0.3, 0.4) is 0 Å². The standard InChI is InChI=1S/C14H12O2S/c1-16-14(15)12-4-2-10(3-5-12)11-6-8-13(17)9-7-11/h2-9,17H,1H3. The summed E-state index contributed by atoms with van der Waals surface area (Å²) in [6.07, 6.45) is 0. The van der Waals surface area contributed by atoms with E-state index in [1.54, 1.807) is 12.1 Å². The van der Waals surface area contributed by atoms with Gasteiger partial charge in [0.25, 0.3) is 0 Å². The Balaban J connectivity index is 2.29. The molecule has 0 saturated heterocycles. The first-order valence-electron chi connectivity index (χ1n) is 5.18. The topological polar surface area (TPSA) is 26.3 Å². The van der Waals surface area contributed by atoms with E-state index in [1.165, 1.54) is 7.11 Å². The van der Waals surface area contributed by atoms with Crippen LogP contribution in [0.1, 0.15) is 10.4 Å². The smallest absolute Gasteiger partial charge is 0.337 e. The number of rotatable bonds is 2. The third-order valence-corrected chi connectivity index (χ3v) is 2.80. The summed E-state index contributed by atoms with van der Waals surface area (Å²) in [4.78, 5) is 12.2. The van der Waals surface area contributed by atoms with Crippen molar-refractivity contribution >= 4 is 18.6 Å². The Kier molecular flexibility index (Phi) is 3.49. The minimum Gasteiger partial charge on any atom is -0.465 e. The third-order valence-electron chi connectivity index (χ3n) is 2.51. The van der Waals surface area contributed by atoms with Gasteiger partial charge in [0.15, 0.2) is 0 Å². The predicted octanol–water partition coefficient (Wildman–Crippen LogP) is 3.43. The number of carbonyl (C=O) groups excluding carboxylic acids is 1. The van der Waals surface area contributed by atoms with Crippen molar-refractivity contribution in [1.29, 1.82) is 0 Å². The van der Waals surface area contributed by atoms with Crippen molar-refractivity contribution in [2.75, 3.05) is 7.11 Å². The lowest BCUT2D eigenvalue weighted by Crippen LogP contribution is -2.00. The highest BCUT2D eigenvalue weighted by Gasteiger charge is 2.04. The van der Waals surface area contributed by atoms with Crippen LogP contribution < -0.4 is 0 Å². The first-order valence-corrected chi connectivity index (χ1v) is 5.63. The number of esters is 1. The van der Waals surface area contributed by atoms with Crippen molar-refractivity contribution in [3.63, 3.8) is 0 Å². The van der Waals surface area contributed by atoms with E-state index in [-0.39, 0.29) is 5.97 Å². The molecule has 0 radical (unpaired) electrons. The average molecular weight is 244 g/mol. The molecule has 3 heteroatoms. The maximum Gasteiger partial charge on any atom is 0.337 e. The molecule has 0 aliphatic rings. The summed E-state index contributed by atoms with van der Waals surface area (Å²) in [6, 6.07) is 15.2. The third kappa shape index (κ3) is 2.68. The molecule has 0 aromatic heterocycles. The fraction of sp³-hybridized carbons (Fsp3) is 0.0714. The molecular formula is C14H12O2S. The van der Waals surface area contributed by atoms with Gasteiger partial charge < -0.3 is 4.74 Å². The van der Waals surface area contributed by atoms with Gasteiger partial charge in [-0.05, 0) is 35.4 Å². The molecular weight excluding hydrogens is 232 g/mol. The van der Waals surface area contributed by atoms with Gasteiger partial charge in [-0.25, -0.2) is 4.79 Å². The first kappa shape index (κ1) is 11.7. The molecule has 0 saturated carbocycles. The van der Waals surface area contributed by atoms with Gasteiger partial charge >= 0.3 is 5.97 Å². The van der Waals surface area contributed by atoms with Crippen molar-refractivity contribution in [2.24, 2.45) is 0 Å². The molecule has 0 heterocycles. The number of hydrogen-bond donors (Lipinski definition) is 1. The zero-order chi connectivity index (χ0) is 12.3. The lowest BCUT2D eigenvalue weighted by molar-refractivity contribution is 0.0601. The van der Waals surface area contributed by atoms with Crippen LogP contribution in [0.2, 0.25) is 0 Å². The molecule has 2 aromatic rings. The number of ether oxygens (including phenoxy) is 1. The van der Waals surface area contributed by atoms with Gasteiger partial charge in [0.2, 0.25) is 0 Å². The average Bonchev–Trinajstić information content (AvgIpc) is 2.39. The molecule has 0 amide bonds. The number of methoxy groups -OCH3 is 1. The van der Waals surface area contributed by atoms with Crippen LogP contribution in [0, 0.1) is 0 Å². The van der Waals surface area contributed by atoms with E-state index < -0.39 is 0 Å². The number of hydrogen-bond acceptors (Lipinski definition) is 3. The molecule has 0 fully saturated rings. The van der Waals surface area contributed by atoms with Crippen LogP contribution in [-0.4, -0.2) is 13.1 Å². The Morgan fingerprint density at radius 3 is 1.88 bits per heavy atom. The second kappa shape index (κ2) is 5.06. The van der Waals surface area contributed by atoms with E-state index in [4.69, 9.17) is 0 Å². The van der Waals surface area contributed by atoms with E-state index in [2.05, 4.69) is 17.4 Å². The molecule has 0 aliphatic heterocycles. The summed E-state index contributed by atoms with van der Waals surface area (Å²) < 4.78 is 4.65. The molecule has 2 nitrogen and oxygen atoms in total. The van der Waals surface area contributed by atoms with E-state index >= 15 is 0 Å². The van der Waals surface area contributed by atoms with E-state index in [0.717, 1.165) is 16.0 Å². The van der Waals surface area contributed by atoms with Crippen LogP contribution >= 0.6 is 12.6 Å². The molecule has 0 bridgehead atoms. The van der Waals surface area contributed by atoms with Crippen molar-refractivity contribution in [3.8, 4) is 11.1 Å². The highest BCUT2D eigenvalue weighted by Crippen LogP contribution is 2.21. The number of benzene rings is 2. The quantitative estimate of drug-likeness (QED) is 0.647. The van der Waals surface area contributed by atoms with Gasteiger partial charge in [-0.3, -0.25) is 0 Å². The molecule has 86 valence electrons. The maximum absolute atomic E-state index is 11.3. The Hall–Kier alpha value is -1.74. The van der Waals surface area contributed by atoms with Crippen molar-refractivity contribution in [2.45, 2.75) is 4.90 Å². The fourth-order valence-corrected chi connectivity index (χ4v) is 1.72. The molecule has 2 rings (SSSR count). The SMILES string of the molecule is COC(=O)c1ccc(-c2ccc(S)cc2)cc1. The first-order chi connectivity index (χ1) is 8.20. The second-order valence-corrected chi connectivity index (χ2v) is 4.13. The normalized spacial score (nSPS) is 10.0. The van der Waals surface area contributed by atoms with Gasteiger partial charge in [-0.1, -0.05) is 24.3 Å². The van der Waals surface area contributed by atoms with Gasteiger partial charge in [-0.15, -0.1) is 12.6 Å². The Bertz CT molecular complexity index is 515. The molecule has 0 N–H and O–H groups in total. The van der Waals surface area contributed by atoms with Crippen LogP contribution in [0.4, 0.5) is 0 Å². The predicted molar refractivity (Wildman–Crippen MR) is 70.5 cm³/mol. The molecule has 0 atom stereocenters. The monoisotopic (exact) mass is 244 g/mol. The minimum atomic E-state index is -0.317.